The molecule has 4 bridgehead atoms. The first kappa shape index (κ1) is 28.4. The molecule has 0 unspecified atom stereocenters. The third-order valence-corrected chi connectivity index (χ3v) is 11.6. The lowest BCUT2D eigenvalue weighted by Gasteiger charge is -2.57. The van der Waals surface area contributed by atoms with Crippen molar-refractivity contribution >= 4 is 21.8 Å². The van der Waals surface area contributed by atoms with Crippen molar-refractivity contribution in [1.29, 1.82) is 5.26 Å². The van der Waals surface area contributed by atoms with Crippen molar-refractivity contribution in [2.24, 2.45) is 17.8 Å². The van der Waals surface area contributed by atoms with E-state index in [1.165, 1.54) is 44.1 Å². The smallest absolute Gasteiger partial charge is 0.164 e. The summed E-state index contributed by atoms with van der Waals surface area (Å²) in [5, 5.41) is 11.6. The van der Waals surface area contributed by atoms with Crippen molar-refractivity contribution < 1.29 is 0 Å². The highest BCUT2D eigenvalue weighted by Gasteiger charge is 2.51. The van der Waals surface area contributed by atoms with Crippen LogP contribution in [0.3, 0.4) is 0 Å². The van der Waals surface area contributed by atoms with Crippen LogP contribution in [0, 0.1) is 29.1 Å². The maximum Gasteiger partial charge on any atom is 0.164 e. The predicted molar refractivity (Wildman–Crippen MR) is 195 cm³/mol. The van der Waals surface area contributed by atoms with Crippen LogP contribution in [0.2, 0.25) is 0 Å². The van der Waals surface area contributed by atoms with Crippen LogP contribution >= 0.6 is 0 Å². The Kier molecular flexibility index (Phi) is 6.36. The molecule has 4 saturated carbocycles. The number of para-hydroxylation sites is 1. The number of rotatable bonds is 5. The summed E-state index contributed by atoms with van der Waals surface area (Å²) in [4.78, 5) is 15.2. The summed E-state index contributed by atoms with van der Waals surface area (Å²) in [6, 6.07) is 44.4. The summed E-state index contributed by atoms with van der Waals surface area (Å²) in [7, 11) is 0. The van der Waals surface area contributed by atoms with Crippen LogP contribution in [0.25, 0.3) is 61.7 Å². The van der Waals surface area contributed by atoms with Crippen LogP contribution in [0.1, 0.15) is 49.7 Å². The summed E-state index contributed by atoms with van der Waals surface area (Å²) in [6.07, 6.45) is 8.43. The Hall–Kier alpha value is -5.60. The van der Waals surface area contributed by atoms with Crippen molar-refractivity contribution in [3.63, 3.8) is 0 Å². The maximum atomic E-state index is 9.36. The van der Waals surface area contributed by atoms with Crippen LogP contribution < -0.4 is 0 Å². The van der Waals surface area contributed by atoms with Gasteiger partial charge in [-0.05, 0) is 116 Å². The molecule has 2 heterocycles. The molecule has 5 heteroatoms. The van der Waals surface area contributed by atoms with E-state index in [0.29, 0.717) is 28.5 Å². The molecule has 5 aromatic carbocycles. The minimum absolute atomic E-state index is 0.360. The molecule has 0 radical (unpaired) electrons. The van der Waals surface area contributed by atoms with Crippen LogP contribution in [-0.4, -0.2) is 19.5 Å². The van der Waals surface area contributed by atoms with Crippen LogP contribution in [0.5, 0.6) is 0 Å². The number of nitriles is 1. The van der Waals surface area contributed by atoms with E-state index in [2.05, 4.69) is 89.5 Å². The fourth-order valence-electron chi connectivity index (χ4n) is 9.86. The van der Waals surface area contributed by atoms with Gasteiger partial charge in [-0.3, -0.25) is 0 Å². The molecule has 4 aliphatic rings. The molecule has 4 fully saturated rings. The van der Waals surface area contributed by atoms with E-state index in [-0.39, 0.29) is 0 Å². The molecular formula is C44H35N5. The molecule has 0 aliphatic heterocycles. The summed E-state index contributed by atoms with van der Waals surface area (Å²) in [6.45, 7) is 0. The molecule has 49 heavy (non-hydrogen) atoms. The minimum Gasteiger partial charge on any atom is -0.309 e. The van der Waals surface area contributed by atoms with Gasteiger partial charge in [-0.25, -0.2) is 15.0 Å². The van der Waals surface area contributed by atoms with E-state index in [1.807, 2.05) is 42.5 Å². The fraction of sp³-hybridized carbons (Fsp3) is 0.227. The Labute approximate surface area is 285 Å². The lowest BCUT2D eigenvalue weighted by Crippen LogP contribution is -2.48. The average molecular weight is 634 g/mol. The van der Waals surface area contributed by atoms with E-state index in [4.69, 9.17) is 15.0 Å². The second-order valence-electron chi connectivity index (χ2n) is 14.7. The monoisotopic (exact) mass is 633 g/mol. The van der Waals surface area contributed by atoms with Gasteiger partial charge in [-0.1, -0.05) is 72.8 Å². The third kappa shape index (κ3) is 4.70. The second-order valence-corrected chi connectivity index (χ2v) is 14.7. The van der Waals surface area contributed by atoms with Gasteiger partial charge in [0.25, 0.3) is 0 Å². The first-order valence-electron chi connectivity index (χ1n) is 17.6. The molecule has 236 valence electrons. The van der Waals surface area contributed by atoms with Crippen molar-refractivity contribution in [2.75, 3.05) is 0 Å². The van der Waals surface area contributed by atoms with Gasteiger partial charge < -0.3 is 4.57 Å². The summed E-state index contributed by atoms with van der Waals surface area (Å²) < 4.78 is 2.26. The van der Waals surface area contributed by atoms with E-state index in [1.54, 1.807) is 0 Å². The zero-order valence-electron chi connectivity index (χ0n) is 27.3. The highest BCUT2D eigenvalue weighted by molar-refractivity contribution is 6.10. The molecule has 4 aliphatic carbocycles. The Morgan fingerprint density at radius 1 is 0.551 bits per heavy atom. The minimum atomic E-state index is 0.360. The Bertz CT molecular complexity index is 2380. The lowest BCUT2D eigenvalue weighted by atomic mass is 9.48. The molecule has 2 aromatic heterocycles. The van der Waals surface area contributed by atoms with Crippen LogP contribution in [0.15, 0.2) is 121 Å². The van der Waals surface area contributed by atoms with Gasteiger partial charge in [0.2, 0.25) is 0 Å². The molecule has 7 aromatic rings. The van der Waals surface area contributed by atoms with E-state index in [9.17, 15) is 5.26 Å². The number of fused-ring (bicyclic) bond motifs is 3. The molecule has 0 amide bonds. The van der Waals surface area contributed by atoms with Crippen LogP contribution in [0.4, 0.5) is 0 Å². The largest absolute Gasteiger partial charge is 0.309 e. The van der Waals surface area contributed by atoms with Crippen molar-refractivity contribution in [3.05, 3.63) is 132 Å². The Balaban J connectivity index is 1.08. The van der Waals surface area contributed by atoms with Gasteiger partial charge in [-0.15, -0.1) is 0 Å². The van der Waals surface area contributed by atoms with Gasteiger partial charge in [0, 0.05) is 33.2 Å². The van der Waals surface area contributed by atoms with Gasteiger partial charge in [0.1, 0.15) is 0 Å². The molecule has 5 nitrogen and oxygen atoms in total. The standard InChI is InChI=1S/C44H35N5/c45-27-28-10-17-36(18-11-28)49-39-9-5-4-8-37(39)38-23-34(14-19-40(38)49)43-47-41(32-6-2-1-3-7-32)46-42(48-43)33-12-15-35(16-13-33)44-24-29-20-30(25-44)22-31(21-29)26-44/h1-19,23,29-31H,20-22,24-26H2. The molecule has 11 rings (SSSR count). The van der Waals surface area contributed by atoms with E-state index >= 15 is 0 Å². The van der Waals surface area contributed by atoms with Gasteiger partial charge in [0.05, 0.1) is 22.7 Å². The Morgan fingerprint density at radius 2 is 1.10 bits per heavy atom. The molecule has 0 N–H and O–H groups in total. The zero-order chi connectivity index (χ0) is 32.5. The lowest BCUT2D eigenvalue weighted by molar-refractivity contribution is -0.00518. The van der Waals surface area contributed by atoms with Gasteiger partial charge in [-0.2, -0.15) is 5.26 Å². The second kappa shape index (κ2) is 11.0. The summed E-state index contributed by atoms with van der Waals surface area (Å²) in [5.41, 5.74) is 8.67. The molecule has 0 atom stereocenters. The third-order valence-electron chi connectivity index (χ3n) is 11.6. The first-order valence-corrected chi connectivity index (χ1v) is 17.6. The summed E-state index contributed by atoms with van der Waals surface area (Å²) in [5.74, 6) is 4.78. The first-order chi connectivity index (χ1) is 24.1. The van der Waals surface area contributed by atoms with E-state index in [0.717, 1.165) is 61.9 Å². The Morgan fingerprint density at radius 3 is 1.76 bits per heavy atom. The average Bonchev–Trinajstić information content (AvgIpc) is 3.48. The van der Waals surface area contributed by atoms with Gasteiger partial charge >= 0.3 is 0 Å². The number of aromatic nitrogens is 4. The highest BCUT2D eigenvalue weighted by atomic mass is 15.0. The quantitative estimate of drug-likeness (QED) is 0.189. The van der Waals surface area contributed by atoms with Crippen molar-refractivity contribution in [3.8, 4) is 45.9 Å². The van der Waals surface area contributed by atoms with E-state index < -0.39 is 0 Å². The topological polar surface area (TPSA) is 67.4 Å². The molecular weight excluding hydrogens is 599 g/mol. The predicted octanol–water partition coefficient (Wildman–Crippen LogP) is 10.3. The molecule has 0 saturated heterocycles. The molecule has 0 spiro atoms. The van der Waals surface area contributed by atoms with Crippen LogP contribution in [-0.2, 0) is 5.41 Å². The normalized spacial score (nSPS) is 22.5. The SMILES string of the molecule is N#Cc1ccc(-n2c3ccccc3c3cc(-c4nc(-c5ccccc5)nc(-c5ccc(C67CC8CC(CC(C8)C6)C7)cc5)n4)ccc32)cc1. The number of benzene rings is 5. The van der Waals surface area contributed by atoms with Crippen molar-refractivity contribution in [2.45, 2.75) is 43.9 Å². The summed E-state index contributed by atoms with van der Waals surface area (Å²) >= 11 is 0. The van der Waals surface area contributed by atoms with Gasteiger partial charge in [0.15, 0.2) is 17.5 Å². The fourth-order valence-corrected chi connectivity index (χ4v) is 9.86. The highest BCUT2D eigenvalue weighted by Crippen LogP contribution is 2.60. The number of hydrogen-bond donors (Lipinski definition) is 0. The number of nitrogens with zero attached hydrogens (tertiary/aromatic N) is 5. The zero-order valence-corrected chi connectivity index (χ0v) is 27.3. The maximum absolute atomic E-state index is 9.36. The van der Waals surface area contributed by atoms with Crippen molar-refractivity contribution in [1.82, 2.24) is 19.5 Å². The number of hydrogen-bond acceptors (Lipinski definition) is 4.